The van der Waals surface area contributed by atoms with Gasteiger partial charge in [-0.1, -0.05) is 26.0 Å². The van der Waals surface area contributed by atoms with Gasteiger partial charge in [0.15, 0.2) is 6.61 Å². The van der Waals surface area contributed by atoms with Gasteiger partial charge >= 0.3 is 5.97 Å². The third kappa shape index (κ3) is 4.09. The number of benzene rings is 1. The molecule has 22 heavy (non-hydrogen) atoms. The first-order valence-electron chi connectivity index (χ1n) is 8.21. The van der Waals surface area contributed by atoms with Gasteiger partial charge in [0.1, 0.15) is 0 Å². The summed E-state index contributed by atoms with van der Waals surface area (Å²) in [5.74, 6) is -0.508. The van der Waals surface area contributed by atoms with E-state index in [9.17, 15) is 9.59 Å². The number of ether oxygens (including phenoxy) is 1. The summed E-state index contributed by atoms with van der Waals surface area (Å²) in [5.41, 5.74) is 1.67. The largest absolute Gasteiger partial charge is 0.452 e. The van der Waals surface area contributed by atoms with Crippen molar-refractivity contribution in [1.82, 2.24) is 4.90 Å². The van der Waals surface area contributed by atoms with Crippen molar-refractivity contribution in [2.45, 2.75) is 52.0 Å². The van der Waals surface area contributed by atoms with Crippen LogP contribution in [0.4, 0.5) is 0 Å². The van der Waals surface area contributed by atoms with Gasteiger partial charge in [0.25, 0.3) is 5.91 Å². The fourth-order valence-electron chi connectivity index (χ4n) is 2.92. The van der Waals surface area contributed by atoms with Crippen molar-refractivity contribution in [3.05, 3.63) is 35.4 Å². The van der Waals surface area contributed by atoms with E-state index in [0.29, 0.717) is 11.6 Å². The van der Waals surface area contributed by atoms with Crippen LogP contribution >= 0.6 is 0 Å². The molecule has 1 heterocycles. The molecule has 0 spiro atoms. The molecule has 1 atom stereocenters. The molecule has 0 radical (unpaired) electrons. The maximum absolute atomic E-state index is 12.3. The van der Waals surface area contributed by atoms with Gasteiger partial charge in [-0.2, -0.15) is 0 Å². The van der Waals surface area contributed by atoms with Gasteiger partial charge in [-0.25, -0.2) is 4.79 Å². The molecule has 120 valence electrons. The lowest BCUT2D eigenvalue weighted by molar-refractivity contribution is -0.138. The zero-order valence-corrected chi connectivity index (χ0v) is 13.5. The van der Waals surface area contributed by atoms with Crippen molar-refractivity contribution in [2.75, 3.05) is 13.2 Å². The number of nitrogens with zero attached hydrogens (tertiary/aromatic N) is 1. The molecule has 0 aromatic heterocycles. The molecule has 4 nitrogen and oxygen atoms in total. The van der Waals surface area contributed by atoms with Crippen molar-refractivity contribution < 1.29 is 14.3 Å². The van der Waals surface area contributed by atoms with E-state index in [-0.39, 0.29) is 12.5 Å². The maximum Gasteiger partial charge on any atom is 0.338 e. The first-order valence-corrected chi connectivity index (χ1v) is 8.21. The van der Waals surface area contributed by atoms with Crippen molar-refractivity contribution in [2.24, 2.45) is 0 Å². The summed E-state index contributed by atoms with van der Waals surface area (Å²) in [6.45, 7) is 4.78. The van der Waals surface area contributed by atoms with Gasteiger partial charge in [-0.3, -0.25) is 4.79 Å². The molecule has 1 aromatic rings. The summed E-state index contributed by atoms with van der Waals surface area (Å²) in [6, 6.07) is 7.62. The third-order valence-electron chi connectivity index (χ3n) is 4.34. The summed E-state index contributed by atoms with van der Waals surface area (Å²) < 4.78 is 5.18. The molecule has 1 aliphatic rings. The molecule has 2 rings (SSSR count). The van der Waals surface area contributed by atoms with Crippen LogP contribution in [0.2, 0.25) is 0 Å². The second-order valence-corrected chi connectivity index (χ2v) is 5.77. The number of carbonyl (C=O) groups is 2. The van der Waals surface area contributed by atoms with E-state index < -0.39 is 5.97 Å². The van der Waals surface area contributed by atoms with Crippen LogP contribution < -0.4 is 0 Å². The molecule has 0 bridgehead atoms. The number of esters is 1. The predicted octanol–water partition coefficient (Wildman–Crippen LogP) is 3.20. The Labute approximate surface area is 132 Å². The summed E-state index contributed by atoms with van der Waals surface area (Å²) in [4.78, 5) is 26.1. The van der Waals surface area contributed by atoms with Crippen LogP contribution in [-0.2, 0) is 16.0 Å². The van der Waals surface area contributed by atoms with Crippen LogP contribution in [0.3, 0.4) is 0 Å². The van der Waals surface area contributed by atoms with Gasteiger partial charge in [0, 0.05) is 12.6 Å². The summed E-state index contributed by atoms with van der Waals surface area (Å²) in [6.07, 6.45) is 5.15. The van der Waals surface area contributed by atoms with Gasteiger partial charge in [0.05, 0.1) is 5.56 Å². The first-order chi connectivity index (χ1) is 10.7. The highest BCUT2D eigenvalue weighted by Gasteiger charge is 2.25. The lowest BCUT2D eigenvalue weighted by Gasteiger charge is -2.35. The van der Waals surface area contributed by atoms with Gasteiger partial charge in [-0.05, 0) is 49.8 Å². The highest BCUT2D eigenvalue weighted by molar-refractivity contribution is 5.91. The average Bonchev–Trinajstić information content (AvgIpc) is 2.59. The molecule has 0 N–H and O–H groups in total. The van der Waals surface area contributed by atoms with Crippen LogP contribution in [0.25, 0.3) is 0 Å². The van der Waals surface area contributed by atoms with E-state index in [1.54, 1.807) is 12.1 Å². The number of hydrogen-bond acceptors (Lipinski definition) is 3. The van der Waals surface area contributed by atoms with E-state index in [0.717, 1.165) is 32.2 Å². The molecular formula is C18H25NO3. The fourth-order valence-corrected chi connectivity index (χ4v) is 2.92. The Bertz CT molecular complexity index is 510. The molecule has 1 saturated heterocycles. The Hall–Kier alpha value is -1.84. The van der Waals surface area contributed by atoms with E-state index in [2.05, 4.69) is 13.8 Å². The number of likely N-dealkylation sites (tertiary alicyclic amines) is 1. The zero-order chi connectivity index (χ0) is 15.9. The van der Waals surface area contributed by atoms with Crippen LogP contribution in [0, 0.1) is 0 Å². The van der Waals surface area contributed by atoms with Gasteiger partial charge in [0.2, 0.25) is 0 Å². The minimum atomic E-state index is -0.430. The van der Waals surface area contributed by atoms with Crippen LogP contribution in [0.5, 0.6) is 0 Å². The smallest absolute Gasteiger partial charge is 0.338 e. The molecular weight excluding hydrogens is 278 g/mol. The van der Waals surface area contributed by atoms with Crippen molar-refractivity contribution in [3.63, 3.8) is 0 Å². The number of aryl methyl sites for hydroxylation is 1. The summed E-state index contributed by atoms with van der Waals surface area (Å²) in [7, 11) is 0. The van der Waals surface area contributed by atoms with Crippen molar-refractivity contribution in [3.8, 4) is 0 Å². The van der Waals surface area contributed by atoms with E-state index in [4.69, 9.17) is 4.74 Å². The zero-order valence-electron chi connectivity index (χ0n) is 13.5. The third-order valence-corrected chi connectivity index (χ3v) is 4.34. The minimum absolute atomic E-state index is 0.0786. The standard InChI is InChI=1S/C18H25NO3/c1-3-14-8-10-15(11-9-14)18(21)22-13-17(20)19-12-6-5-7-16(19)4-2/h8-11,16H,3-7,12-13H2,1-2H3. The average molecular weight is 303 g/mol. The molecule has 1 unspecified atom stereocenters. The Morgan fingerprint density at radius 3 is 2.55 bits per heavy atom. The first kappa shape index (κ1) is 16.5. The van der Waals surface area contributed by atoms with Crippen LogP contribution in [0.15, 0.2) is 24.3 Å². The molecule has 1 amide bonds. The fraction of sp³-hybridized carbons (Fsp3) is 0.556. The van der Waals surface area contributed by atoms with Gasteiger partial charge < -0.3 is 9.64 Å². The van der Waals surface area contributed by atoms with Gasteiger partial charge in [-0.15, -0.1) is 0 Å². The Kier molecular flexibility index (Phi) is 5.99. The lowest BCUT2D eigenvalue weighted by Crippen LogP contribution is -2.45. The SMILES string of the molecule is CCc1ccc(C(=O)OCC(=O)N2CCCCC2CC)cc1. The Morgan fingerprint density at radius 2 is 1.91 bits per heavy atom. The Morgan fingerprint density at radius 1 is 1.18 bits per heavy atom. The highest BCUT2D eigenvalue weighted by Crippen LogP contribution is 2.19. The monoisotopic (exact) mass is 303 g/mol. The summed E-state index contributed by atoms with van der Waals surface area (Å²) >= 11 is 0. The topological polar surface area (TPSA) is 46.6 Å². The van der Waals surface area contributed by atoms with E-state index in [1.807, 2.05) is 17.0 Å². The number of amides is 1. The number of rotatable bonds is 5. The number of piperidine rings is 1. The van der Waals surface area contributed by atoms with Crippen molar-refractivity contribution in [1.29, 1.82) is 0 Å². The Balaban J connectivity index is 1.88. The lowest BCUT2D eigenvalue weighted by atomic mass is 10.00. The van der Waals surface area contributed by atoms with E-state index >= 15 is 0 Å². The molecule has 1 aliphatic heterocycles. The second-order valence-electron chi connectivity index (χ2n) is 5.77. The molecule has 0 saturated carbocycles. The quantitative estimate of drug-likeness (QED) is 0.785. The molecule has 1 fully saturated rings. The number of carbonyl (C=O) groups excluding carboxylic acids is 2. The normalized spacial score (nSPS) is 18.1. The number of hydrogen-bond donors (Lipinski definition) is 0. The highest BCUT2D eigenvalue weighted by atomic mass is 16.5. The molecule has 1 aromatic carbocycles. The minimum Gasteiger partial charge on any atom is -0.452 e. The van der Waals surface area contributed by atoms with Crippen LogP contribution in [-0.4, -0.2) is 36.0 Å². The van der Waals surface area contributed by atoms with Crippen LogP contribution in [0.1, 0.15) is 55.5 Å². The molecule has 0 aliphatic carbocycles. The van der Waals surface area contributed by atoms with E-state index in [1.165, 1.54) is 12.0 Å². The predicted molar refractivity (Wildman–Crippen MR) is 85.7 cm³/mol. The van der Waals surface area contributed by atoms with Crippen molar-refractivity contribution >= 4 is 11.9 Å². The summed E-state index contributed by atoms with van der Waals surface area (Å²) in [5, 5.41) is 0. The molecule has 4 heteroatoms. The maximum atomic E-state index is 12.3. The second kappa shape index (κ2) is 7.97.